The summed E-state index contributed by atoms with van der Waals surface area (Å²) in [5.74, 6) is 12.5. The highest BCUT2D eigenvalue weighted by molar-refractivity contribution is 6.00. The van der Waals surface area contributed by atoms with E-state index >= 15 is 9.59 Å². The largest absolute Gasteiger partial charge is 0.509 e. The van der Waals surface area contributed by atoms with Gasteiger partial charge in [-0.1, -0.05) is 105 Å². The molecule has 0 radical (unpaired) electrons. The van der Waals surface area contributed by atoms with Gasteiger partial charge in [-0.25, -0.2) is 4.79 Å². The third kappa shape index (κ3) is 6.11. The van der Waals surface area contributed by atoms with Crippen molar-refractivity contribution in [2.75, 3.05) is 19.6 Å². The molecule has 20 unspecified atom stereocenters. The zero-order chi connectivity index (χ0) is 59.0. The Bertz CT molecular complexity index is 3520. The SMILES string of the molecule is CC1CC2=C3C4C5=C6C7CC14CCC7=CC(C1CCCC4(CCCC47CCCC7)C1)CC1C64C(=O)OC(=C(O)CC6C7CC8(CCCC8)C8(CCCC89CCCC9C#CCC8C9CC(CN86)C(CC2)N3C9)C7)C4(CC5)C12OC(=O)c1c(CCCN)cccc12. The van der Waals surface area contributed by atoms with Crippen LogP contribution in [0, 0.1) is 114 Å². The highest BCUT2D eigenvalue weighted by atomic mass is 16.6. The minimum absolute atomic E-state index is 0.0984. The van der Waals surface area contributed by atoms with E-state index in [0.29, 0.717) is 107 Å². The van der Waals surface area contributed by atoms with Gasteiger partial charge in [-0.2, -0.15) is 0 Å². The first-order chi connectivity index (χ1) is 43.4. The zero-order valence-electron chi connectivity index (χ0n) is 54.2. The first kappa shape index (κ1) is 54.6. The average Bonchev–Trinajstić information content (AvgIpc) is 1.53. The molecule has 8 heteroatoms. The number of allylic oxidation sites excluding steroid dienone is 4. The van der Waals surface area contributed by atoms with Crippen molar-refractivity contribution in [3.05, 3.63) is 80.5 Å². The van der Waals surface area contributed by atoms with Gasteiger partial charge in [-0.05, 0) is 259 Å². The Kier molecular flexibility index (Phi) is 11.1. The topological polar surface area (TPSA) is 105 Å². The summed E-state index contributed by atoms with van der Waals surface area (Å²) in [7, 11) is 0. The lowest BCUT2D eigenvalue weighted by Crippen LogP contribution is -2.78. The number of nitrogens with zero attached hydrogens (tertiary/aromatic N) is 2. The van der Waals surface area contributed by atoms with Crippen LogP contribution < -0.4 is 5.73 Å². The number of aliphatic hydroxyl groups is 1. The summed E-state index contributed by atoms with van der Waals surface area (Å²) in [6.45, 7) is 5.43. The number of rotatable bonds is 4. The molecule has 12 fully saturated rings. The van der Waals surface area contributed by atoms with Crippen LogP contribution in [0.5, 0.6) is 0 Å². The molecule has 1 aromatic carbocycles. The number of carbonyl (C=O) groups is 2. The van der Waals surface area contributed by atoms with Gasteiger partial charge in [0.2, 0.25) is 0 Å². The molecule has 1 aromatic rings. The van der Waals surface area contributed by atoms with Crippen LogP contribution in [-0.2, 0) is 26.3 Å². The maximum atomic E-state index is 17.4. The number of hydrogen-bond donors (Lipinski definition) is 2. The lowest BCUT2D eigenvalue weighted by Gasteiger charge is -2.75. The van der Waals surface area contributed by atoms with E-state index in [1.165, 1.54) is 185 Å². The van der Waals surface area contributed by atoms with Gasteiger partial charge in [0.05, 0.1) is 11.0 Å². The molecule has 12 bridgehead atoms. The van der Waals surface area contributed by atoms with Gasteiger partial charge in [-0.15, -0.1) is 5.92 Å². The summed E-state index contributed by atoms with van der Waals surface area (Å²) < 4.78 is 15.4. The van der Waals surface area contributed by atoms with E-state index < -0.39 is 16.4 Å². The van der Waals surface area contributed by atoms with Crippen LogP contribution in [0.3, 0.4) is 0 Å². The molecule has 3 saturated heterocycles. The molecule has 9 spiro atoms. The Morgan fingerprint density at radius 1 is 0.730 bits per heavy atom. The second-order valence-electron chi connectivity index (χ2n) is 36.1. The maximum absolute atomic E-state index is 17.4. The molecule has 21 rings (SSSR count). The lowest BCUT2D eigenvalue weighted by atomic mass is 9.26. The molecule has 7 heterocycles. The van der Waals surface area contributed by atoms with Crippen molar-refractivity contribution in [2.24, 2.45) is 108 Å². The molecule has 20 atom stereocenters. The van der Waals surface area contributed by atoms with E-state index in [1.54, 1.807) is 22.4 Å². The highest BCUT2D eigenvalue weighted by Crippen LogP contribution is 2.90. The van der Waals surface area contributed by atoms with Crippen LogP contribution in [0.4, 0.5) is 0 Å². The molecule has 0 amide bonds. The van der Waals surface area contributed by atoms with E-state index in [-0.39, 0.29) is 52.5 Å². The maximum Gasteiger partial charge on any atom is 0.339 e. The van der Waals surface area contributed by atoms with Gasteiger partial charge in [0, 0.05) is 79.0 Å². The summed E-state index contributed by atoms with van der Waals surface area (Å²) in [6.07, 6.45) is 47.6. The fraction of sp³-hybridized carbons (Fsp3) is 0.778. The Labute approximate surface area is 531 Å². The molecule has 13 aliphatic carbocycles. The molecule has 9 saturated carbocycles. The first-order valence-corrected chi connectivity index (χ1v) is 38.3. The molecule has 20 aliphatic rings. The number of hydrogen-bond acceptors (Lipinski definition) is 8. The summed E-state index contributed by atoms with van der Waals surface area (Å²) in [5, 5.41) is 14.6. The minimum atomic E-state index is -1.17. The van der Waals surface area contributed by atoms with Crippen LogP contribution >= 0.6 is 0 Å². The molecular weight excluding hydrogens is 1090 g/mol. The van der Waals surface area contributed by atoms with Gasteiger partial charge < -0.3 is 25.2 Å². The van der Waals surface area contributed by atoms with Gasteiger partial charge in [0.1, 0.15) is 11.2 Å². The summed E-state index contributed by atoms with van der Waals surface area (Å²) >= 11 is 0. The second kappa shape index (κ2) is 18.2. The highest BCUT2D eigenvalue weighted by Gasteiger charge is 2.94. The first-order valence-electron chi connectivity index (χ1n) is 38.3. The smallest absolute Gasteiger partial charge is 0.339 e. The van der Waals surface area contributed by atoms with Crippen molar-refractivity contribution in [1.82, 2.24) is 9.80 Å². The quantitative estimate of drug-likeness (QED) is 0.175. The van der Waals surface area contributed by atoms with Crippen molar-refractivity contribution in [2.45, 2.75) is 268 Å². The van der Waals surface area contributed by atoms with E-state index in [4.69, 9.17) is 15.2 Å². The van der Waals surface area contributed by atoms with Crippen molar-refractivity contribution in [3.63, 3.8) is 0 Å². The van der Waals surface area contributed by atoms with Crippen LogP contribution in [0.2, 0.25) is 0 Å². The zero-order valence-corrected chi connectivity index (χ0v) is 54.2. The predicted molar refractivity (Wildman–Crippen MR) is 343 cm³/mol. The Balaban J connectivity index is 0.827. The third-order valence-electron chi connectivity index (χ3n) is 34.7. The van der Waals surface area contributed by atoms with Gasteiger partial charge in [0.15, 0.2) is 11.4 Å². The lowest BCUT2D eigenvalue weighted by molar-refractivity contribution is -0.284. The summed E-state index contributed by atoms with van der Waals surface area (Å²) in [5.41, 5.74) is 15.8. The van der Waals surface area contributed by atoms with Gasteiger partial charge in [-0.3, -0.25) is 9.69 Å². The van der Waals surface area contributed by atoms with Crippen molar-refractivity contribution in [3.8, 4) is 11.8 Å². The fourth-order valence-corrected chi connectivity index (χ4v) is 32.3. The molecule has 89 heavy (non-hydrogen) atoms. The normalized spacial score (nSPS) is 49.8. The van der Waals surface area contributed by atoms with E-state index in [2.05, 4.69) is 52.8 Å². The number of aliphatic hydroxyl groups excluding tert-OH is 1. The van der Waals surface area contributed by atoms with Crippen molar-refractivity contribution < 1.29 is 24.2 Å². The van der Waals surface area contributed by atoms with Crippen LogP contribution in [0.1, 0.15) is 260 Å². The van der Waals surface area contributed by atoms with Crippen LogP contribution in [0.15, 0.2) is 63.8 Å². The fourth-order valence-electron chi connectivity index (χ4n) is 32.3. The number of ether oxygens (including phenoxy) is 2. The average molecular weight is 1200 g/mol. The molecular formula is C81H103N3O5. The van der Waals surface area contributed by atoms with E-state index in [9.17, 15) is 5.11 Å². The van der Waals surface area contributed by atoms with Crippen molar-refractivity contribution >= 4 is 11.9 Å². The second-order valence-corrected chi connectivity index (χ2v) is 36.1. The minimum Gasteiger partial charge on any atom is -0.509 e. The number of carbonyl (C=O) groups excluding carboxylic acids is 2. The molecule has 8 nitrogen and oxygen atoms in total. The Morgan fingerprint density at radius 3 is 2.39 bits per heavy atom. The number of aryl methyl sites for hydroxylation is 1. The molecule has 7 aliphatic heterocycles. The van der Waals surface area contributed by atoms with Gasteiger partial charge >= 0.3 is 11.9 Å². The van der Waals surface area contributed by atoms with Crippen LogP contribution in [0.25, 0.3) is 0 Å². The number of piperidine rings is 2. The van der Waals surface area contributed by atoms with Crippen molar-refractivity contribution in [1.29, 1.82) is 0 Å². The van der Waals surface area contributed by atoms with Gasteiger partial charge in [0.25, 0.3) is 0 Å². The van der Waals surface area contributed by atoms with Crippen LogP contribution in [-0.4, -0.2) is 64.6 Å². The van der Waals surface area contributed by atoms with E-state index in [1.807, 2.05) is 0 Å². The molecule has 3 N–H and O–H groups in total. The molecule has 0 aromatic heterocycles. The summed E-state index contributed by atoms with van der Waals surface area (Å²) in [4.78, 5) is 39.6. The summed E-state index contributed by atoms with van der Waals surface area (Å²) in [6, 6.07) is 7.58. The number of nitrogens with two attached hydrogens (primary N) is 1. The van der Waals surface area contributed by atoms with E-state index in [0.717, 1.165) is 68.3 Å². The molecule has 472 valence electrons. The third-order valence-corrected chi connectivity index (χ3v) is 34.7. The number of benzene rings is 1. The Morgan fingerprint density at radius 2 is 1.52 bits per heavy atom. The predicted octanol–water partition coefficient (Wildman–Crippen LogP) is 16.4. The monoisotopic (exact) mass is 1200 g/mol. The number of esters is 2. The number of fused-ring (bicyclic) bond motifs is 9. The Hall–Kier alpha value is -3.80. The standard InChI is InChI=1S/C81H103N3O5/c1-48-37-51-20-21-62-54-39-55-47-84(62)69(51)68-58-23-35-79-70(64(85)41-63-56-43-75(26-4-5-27-75)78(44-56)33-12-32-77(78)31-9-17-57(77)16-7-19-61(55)83(63)46-54)88-72(87)80(79)65(81(79)60-18-6-13-49(15-10-36-82)66(60)71(86)89-81)40-53(38-50-22-34-76(48,68)45-59(50)67(58)80)52-14-8-28-74(42-52)30-11-29-73(74)24-2-3-25-73/h6,13,18,38,48,52-57,59,61-63,65,68,85H,2-5,8-12,14-15,17,19-37,39-47,82H2,1H3.